The van der Waals surface area contributed by atoms with Gasteiger partial charge in [-0.15, -0.1) is 0 Å². The highest BCUT2D eigenvalue weighted by Crippen LogP contribution is 2.39. The average molecular weight is 338 g/mol. The monoisotopic (exact) mass is 338 g/mol. The maximum atomic E-state index is 13.2. The van der Waals surface area contributed by atoms with E-state index in [4.69, 9.17) is 0 Å². The SMILES string of the molecule is O=C1C(Nc2ccc(F)cc2)=C2CCCC=C2N1c1ccc(F)cc1. The first-order chi connectivity index (χ1) is 12.1. The molecule has 0 saturated heterocycles. The van der Waals surface area contributed by atoms with Crippen molar-refractivity contribution in [2.24, 2.45) is 0 Å². The molecule has 0 aromatic heterocycles. The molecule has 3 nitrogen and oxygen atoms in total. The number of anilines is 2. The second-order valence-electron chi connectivity index (χ2n) is 6.08. The van der Waals surface area contributed by atoms with Crippen molar-refractivity contribution in [3.63, 3.8) is 0 Å². The molecule has 5 heteroatoms. The van der Waals surface area contributed by atoms with E-state index in [0.717, 1.165) is 30.5 Å². The summed E-state index contributed by atoms with van der Waals surface area (Å²) in [5, 5.41) is 3.14. The fourth-order valence-electron chi connectivity index (χ4n) is 3.25. The van der Waals surface area contributed by atoms with Crippen molar-refractivity contribution in [1.82, 2.24) is 0 Å². The summed E-state index contributed by atoms with van der Waals surface area (Å²) in [6.07, 6.45) is 4.70. The molecule has 0 spiro atoms. The lowest BCUT2D eigenvalue weighted by molar-refractivity contribution is -0.114. The molecule has 0 saturated carbocycles. The molecule has 4 rings (SSSR count). The van der Waals surface area contributed by atoms with Crippen LogP contribution in [0.15, 0.2) is 71.6 Å². The average Bonchev–Trinajstić information content (AvgIpc) is 2.90. The number of carbonyl (C=O) groups is 1. The molecule has 0 radical (unpaired) electrons. The summed E-state index contributed by atoms with van der Waals surface area (Å²) in [7, 11) is 0. The number of carbonyl (C=O) groups excluding carboxylic acids is 1. The molecule has 1 amide bonds. The molecule has 0 unspecified atom stereocenters. The van der Waals surface area contributed by atoms with Crippen LogP contribution >= 0.6 is 0 Å². The fourth-order valence-corrected chi connectivity index (χ4v) is 3.25. The Morgan fingerprint density at radius 3 is 2.24 bits per heavy atom. The molecule has 1 aliphatic carbocycles. The Kier molecular flexibility index (Phi) is 3.84. The van der Waals surface area contributed by atoms with Crippen LogP contribution in [0.1, 0.15) is 19.3 Å². The lowest BCUT2D eigenvalue weighted by atomic mass is 9.98. The number of benzene rings is 2. The number of halogens is 2. The summed E-state index contributed by atoms with van der Waals surface area (Å²) in [4.78, 5) is 14.6. The van der Waals surface area contributed by atoms with Crippen LogP contribution in [-0.2, 0) is 4.79 Å². The zero-order valence-electron chi connectivity index (χ0n) is 13.4. The minimum Gasteiger partial charge on any atom is -0.351 e. The van der Waals surface area contributed by atoms with Crippen LogP contribution in [0.3, 0.4) is 0 Å². The topological polar surface area (TPSA) is 32.3 Å². The standard InChI is InChI=1S/C20H16F2N2O/c21-13-5-9-15(10-6-13)23-19-17-3-1-2-4-18(17)24(20(19)25)16-11-7-14(22)8-12-16/h4-12,23H,1-3H2. The van der Waals surface area contributed by atoms with E-state index in [2.05, 4.69) is 5.32 Å². The van der Waals surface area contributed by atoms with Gasteiger partial charge in [0, 0.05) is 16.9 Å². The lowest BCUT2D eigenvalue weighted by Gasteiger charge is -2.22. The van der Waals surface area contributed by atoms with Gasteiger partial charge in [-0.1, -0.05) is 6.08 Å². The number of nitrogens with one attached hydrogen (secondary N) is 1. The highest BCUT2D eigenvalue weighted by Gasteiger charge is 2.36. The number of nitrogens with zero attached hydrogens (tertiary/aromatic N) is 1. The van der Waals surface area contributed by atoms with Crippen molar-refractivity contribution in [3.8, 4) is 0 Å². The molecular weight excluding hydrogens is 322 g/mol. The van der Waals surface area contributed by atoms with Crippen molar-refractivity contribution < 1.29 is 13.6 Å². The van der Waals surface area contributed by atoms with Gasteiger partial charge in [-0.05, 0) is 67.8 Å². The van der Waals surface area contributed by atoms with E-state index in [-0.39, 0.29) is 17.5 Å². The van der Waals surface area contributed by atoms with Gasteiger partial charge in [-0.3, -0.25) is 9.69 Å². The number of hydrogen-bond donors (Lipinski definition) is 1. The van der Waals surface area contributed by atoms with Crippen LogP contribution in [0.4, 0.5) is 20.2 Å². The second kappa shape index (κ2) is 6.16. The third-order valence-electron chi connectivity index (χ3n) is 4.44. The van der Waals surface area contributed by atoms with Gasteiger partial charge in [0.05, 0.1) is 5.70 Å². The van der Waals surface area contributed by atoms with Gasteiger partial charge >= 0.3 is 0 Å². The number of rotatable bonds is 3. The molecule has 0 atom stereocenters. The van der Waals surface area contributed by atoms with Crippen LogP contribution in [0.25, 0.3) is 0 Å². The molecule has 2 aliphatic rings. The molecule has 1 aliphatic heterocycles. The minimum atomic E-state index is -0.342. The van der Waals surface area contributed by atoms with Crippen LogP contribution in [0.2, 0.25) is 0 Å². The summed E-state index contributed by atoms with van der Waals surface area (Å²) >= 11 is 0. The molecule has 126 valence electrons. The van der Waals surface area contributed by atoms with Gasteiger partial charge in [-0.2, -0.15) is 0 Å². The zero-order chi connectivity index (χ0) is 17.4. The second-order valence-corrected chi connectivity index (χ2v) is 6.08. The fraction of sp³-hybridized carbons (Fsp3) is 0.150. The first kappa shape index (κ1) is 15.6. The maximum Gasteiger partial charge on any atom is 0.279 e. The predicted molar refractivity (Wildman–Crippen MR) is 92.9 cm³/mol. The van der Waals surface area contributed by atoms with Crippen LogP contribution in [0, 0.1) is 11.6 Å². The Morgan fingerprint density at radius 2 is 1.56 bits per heavy atom. The van der Waals surface area contributed by atoms with E-state index < -0.39 is 0 Å². The number of allylic oxidation sites excluding steroid dienone is 2. The smallest absolute Gasteiger partial charge is 0.279 e. The quantitative estimate of drug-likeness (QED) is 0.876. The van der Waals surface area contributed by atoms with Gasteiger partial charge in [0.25, 0.3) is 5.91 Å². The molecule has 0 fully saturated rings. The van der Waals surface area contributed by atoms with Gasteiger partial charge in [0.2, 0.25) is 0 Å². The summed E-state index contributed by atoms with van der Waals surface area (Å²) in [5.74, 6) is -0.850. The van der Waals surface area contributed by atoms with Crippen molar-refractivity contribution >= 4 is 17.3 Å². The minimum absolute atomic E-state index is 0.181. The van der Waals surface area contributed by atoms with E-state index in [0.29, 0.717) is 17.1 Å². The highest BCUT2D eigenvalue weighted by molar-refractivity contribution is 6.15. The number of fused-ring (bicyclic) bond motifs is 1. The van der Waals surface area contributed by atoms with Gasteiger partial charge < -0.3 is 5.32 Å². The molecule has 0 bridgehead atoms. The Labute approximate surface area is 144 Å². The summed E-state index contributed by atoms with van der Waals surface area (Å²) in [6, 6.07) is 11.8. The van der Waals surface area contributed by atoms with E-state index in [1.807, 2.05) is 6.08 Å². The Morgan fingerprint density at radius 1 is 0.920 bits per heavy atom. The van der Waals surface area contributed by atoms with Crippen LogP contribution in [-0.4, -0.2) is 5.91 Å². The van der Waals surface area contributed by atoms with Gasteiger partial charge in [0.15, 0.2) is 0 Å². The van der Waals surface area contributed by atoms with E-state index in [9.17, 15) is 13.6 Å². The molecular formula is C20H16F2N2O. The van der Waals surface area contributed by atoms with Crippen molar-refractivity contribution in [3.05, 3.63) is 83.2 Å². The number of amides is 1. The maximum absolute atomic E-state index is 13.2. The first-order valence-electron chi connectivity index (χ1n) is 8.20. The van der Waals surface area contributed by atoms with Crippen LogP contribution in [0.5, 0.6) is 0 Å². The number of hydrogen-bond acceptors (Lipinski definition) is 2. The van der Waals surface area contributed by atoms with Crippen molar-refractivity contribution in [1.29, 1.82) is 0 Å². The third-order valence-corrected chi connectivity index (χ3v) is 4.44. The van der Waals surface area contributed by atoms with E-state index in [1.165, 1.54) is 24.3 Å². The van der Waals surface area contributed by atoms with Crippen molar-refractivity contribution in [2.45, 2.75) is 19.3 Å². The summed E-state index contributed by atoms with van der Waals surface area (Å²) < 4.78 is 26.3. The Hall–Kier alpha value is -2.95. The molecule has 25 heavy (non-hydrogen) atoms. The third kappa shape index (κ3) is 2.82. The predicted octanol–water partition coefficient (Wildman–Crippen LogP) is 4.75. The van der Waals surface area contributed by atoms with Gasteiger partial charge in [0.1, 0.15) is 17.3 Å². The van der Waals surface area contributed by atoms with E-state index in [1.54, 1.807) is 29.2 Å². The Balaban J connectivity index is 1.72. The molecule has 1 heterocycles. The highest BCUT2D eigenvalue weighted by atomic mass is 19.1. The summed E-state index contributed by atoms with van der Waals surface area (Å²) in [6.45, 7) is 0. The van der Waals surface area contributed by atoms with Crippen LogP contribution < -0.4 is 10.2 Å². The van der Waals surface area contributed by atoms with Gasteiger partial charge in [-0.25, -0.2) is 8.78 Å². The molecule has 2 aromatic carbocycles. The molecule has 1 N–H and O–H groups in total. The molecule has 2 aromatic rings. The first-order valence-corrected chi connectivity index (χ1v) is 8.20. The largest absolute Gasteiger partial charge is 0.351 e. The summed E-state index contributed by atoms with van der Waals surface area (Å²) in [5.41, 5.74) is 3.59. The normalized spacial score (nSPS) is 16.8. The lowest BCUT2D eigenvalue weighted by Crippen LogP contribution is -2.27. The zero-order valence-corrected chi connectivity index (χ0v) is 13.4. The van der Waals surface area contributed by atoms with Crippen molar-refractivity contribution in [2.75, 3.05) is 10.2 Å². The Bertz CT molecular complexity index is 883. The van der Waals surface area contributed by atoms with E-state index >= 15 is 0 Å².